The van der Waals surface area contributed by atoms with Crippen molar-refractivity contribution in [2.45, 2.75) is 20.8 Å². The molecule has 0 unspecified atom stereocenters. The molecule has 0 aliphatic carbocycles. The zero-order chi connectivity index (χ0) is 8.97. The van der Waals surface area contributed by atoms with Crippen LogP contribution in [0.25, 0.3) is 0 Å². The first-order chi connectivity index (χ1) is 5.77. The number of nitrogens with zero attached hydrogens (tertiary/aromatic N) is 1. The average molecular weight is 266 g/mol. The standard InChI is InChI=1S/C11H16N.BrH.Mg/c1-4-12(5-2)11-8-6-7-10(3)9-11;;/h6-8H,4-5H2,1-3H3;1H;/q-1;;+2/p-1. The Balaban J connectivity index is 0. The van der Waals surface area contributed by atoms with E-state index < -0.39 is 0 Å². The molecule has 0 saturated heterocycles. The van der Waals surface area contributed by atoms with E-state index in [0.717, 1.165) is 13.1 Å². The number of halogens is 1. The minimum atomic E-state index is 0. The van der Waals surface area contributed by atoms with Crippen molar-refractivity contribution in [3.63, 3.8) is 0 Å². The third kappa shape index (κ3) is 4.67. The second kappa shape index (κ2) is 8.56. The Bertz CT molecular complexity index is 249. The third-order valence-electron chi connectivity index (χ3n) is 2.03. The van der Waals surface area contributed by atoms with Gasteiger partial charge in [-0.1, -0.05) is 12.6 Å². The molecular weight excluding hydrogens is 250 g/mol. The minimum Gasteiger partial charge on any atom is -1.00 e. The zero-order valence-corrected chi connectivity index (χ0v) is 12.2. The van der Waals surface area contributed by atoms with Crippen molar-refractivity contribution in [1.29, 1.82) is 0 Å². The van der Waals surface area contributed by atoms with Gasteiger partial charge in [0.25, 0.3) is 0 Å². The van der Waals surface area contributed by atoms with E-state index in [4.69, 9.17) is 0 Å². The summed E-state index contributed by atoms with van der Waals surface area (Å²) in [7, 11) is 0. The fraction of sp³-hybridized carbons (Fsp3) is 0.455. The maximum Gasteiger partial charge on any atom is 2.00 e. The van der Waals surface area contributed by atoms with Gasteiger partial charge in [-0.25, -0.2) is 0 Å². The first kappa shape index (κ1) is 16.7. The molecule has 0 saturated carbocycles. The molecule has 0 atom stereocenters. The number of hydrogen-bond acceptors (Lipinski definition) is 1. The van der Waals surface area contributed by atoms with Crippen molar-refractivity contribution in [1.82, 2.24) is 0 Å². The molecule has 1 nitrogen and oxygen atoms in total. The van der Waals surface area contributed by atoms with Gasteiger partial charge in [0.05, 0.1) is 0 Å². The van der Waals surface area contributed by atoms with Gasteiger partial charge in [-0.15, -0.1) is 6.07 Å². The van der Waals surface area contributed by atoms with Crippen LogP contribution in [0.1, 0.15) is 19.4 Å². The Labute approximate surface area is 114 Å². The van der Waals surface area contributed by atoms with Gasteiger partial charge < -0.3 is 21.9 Å². The van der Waals surface area contributed by atoms with E-state index in [-0.39, 0.29) is 40.0 Å². The average Bonchev–Trinajstić information content (AvgIpc) is 2.07. The predicted molar refractivity (Wildman–Crippen MR) is 59.3 cm³/mol. The first-order valence-corrected chi connectivity index (χ1v) is 4.51. The molecule has 74 valence electrons. The normalized spacial score (nSPS) is 8.50. The van der Waals surface area contributed by atoms with E-state index in [0.29, 0.717) is 0 Å². The number of rotatable bonds is 3. The minimum absolute atomic E-state index is 0. The van der Waals surface area contributed by atoms with Crippen LogP contribution in [-0.4, -0.2) is 36.1 Å². The Morgan fingerprint density at radius 3 is 2.21 bits per heavy atom. The summed E-state index contributed by atoms with van der Waals surface area (Å²) in [6, 6.07) is 9.61. The van der Waals surface area contributed by atoms with E-state index in [1.54, 1.807) is 0 Å². The maximum absolute atomic E-state index is 3.34. The molecule has 1 rings (SSSR count). The maximum atomic E-state index is 3.34. The summed E-state index contributed by atoms with van der Waals surface area (Å²) in [6.07, 6.45) is 0. The summed E-state index contributed by atoms with van der Waals surface area (Å²) in [5.74, 6) is 0. The Morgan fingerprint density at radius 1 is 1.21 bits per heavy atom. The van der Waals surface area contributed by atoms with Gasteiger partial charge in [0.15, 0.2) is 0 Å². The SMILES string of the molecule is CCN(CC)c1[c-]c(C)ccc1.[Br-].[Mg+2]. The number of benzene rings is 1. The van der Waals surface area contributed by atoms with Gasteiger partial charge in [0.2, 0.25) is 0 Å². The van der Waals surface area contributed by atoms with E-state index in [1.807, 2.05) is 0 Å². The monoisotopic (exact) mass is 265 g/mol. The molecule has 0 heterocycles. The van der Waals surface area contributed by atoms with Crippen LogP contribution in [0.3, 0.4) is 0 Å². The Kier molecular flexibility index (Phi) is 10.2. The summed E-state index contributed by atoms with van der Waals surface area (Å²) < 4.78 is 0. The van der Waals surface area contributed by atoms with Crippen LogP contribution in [0.2, 0.25) is 0 Å². The van der Waals surface area contributed by atoms with E-state index in [2.05, 4.69) is 49.9 Å². The quantitative estimate of drug-likeness (QED) is 0.515. The second-order valence-corrected chi connectivity index (χ2v) is 2.89. The van der Waals surface area contributed by atoms with Crippen molar-refractivity contribution in [2.75, 3.05) is 18.0 Å². The van der Waals surface area contributed by atoms with Gasteiger partial charge in [-0.05, 0) is 13.8 Å². The largest absolute Gasteiger partial charge is 2.00 e. The van der Waals surface area contributed by atoms with Gasteiger partial charge in [-0.3, -0.25) is 0 Å². The molecule has 0 N–H and O–H groups in total. The van der Waals surface area contributed by atoms with Crippen LogP contribution in [0.5, 0.6) is 0 Å². The molecule has 1 aromatic carbocycles. The first-order valence-electron chi connectivity index (χ1n) is 4.51. The molecule has 0 amide bonds. The molecule has 3 heteroatoms. The van der Waals surface area contributed by atoms with Crippen LogP contribution >= 0.6 is 0 Å². The summed E-state index contributed by atoms with van der Waals surface area (Å²) in [5.41, 5.74) is 2.42. The summed E-state index contributed by atoms with van der Waals surface area (Å²) >= 11 is 0. The van der Waals surface area contributed by atoms with Gasteiger partial charge in [0, 0.05) is 13.1 Å². The number of aryl methyl sites for hydroxylation is 1. The predicted octanol–water partition coefficient (Wildman–Crippen LogP) is -0.735. The van der Waals surface area contributed by atoms with Crippen molar-refractivity contribution < 1.29 is 17.0 Å². The number of hydrogen-bond donors (Lipinski definition) is 0. The fourth-order valence-corrected chi connectivity index (χ4v) is 1.32. The molecule has 0 fully saturated rings. The van der Waals surface area contributed by atoms with E-state index in [1.165, 1.54) is 11.3 Å². The molecule has 0 spiro atoms. The molecule has 0 bridgehead atoms. The topological polar surface area (TPSA) is 3.24 Å². The van der Waals surface area contributed by atoms with Crippen LogP contribution in [-0.2, 0) is 0 Å². The van der Waals surface area contributed by atoms with Crippen molar-refractivity contribution in [2.24, 2.45) is 0 Å². The zero-order valence-electron chi connectivity index (χ0n) is 9.18. The van der Waals surface area contributed by atoms with E-state index in [9.17, 15) is 0 Å². The van der Waals surface area contributed by atoms with Crippen LogP contribution < -0.4 is 21.9 Å². The Morgan fingerprint density at radius 2 is 1.79 bits per heavy atom. The summed E-state index contributed by atoms with van der Waals surface area (Å²) in [4.78, 5) is 2.30. The molecule has 0 aromatic heterocycles. The second-order valence-electron chi connectivity index (χ2n) is 2.89. The third-order valence-corrected chi connectivity index (χ3v) is 2.03. The summed E-state index contributed by atoms with van der Waals surface area (Å²) in [5, 5.41) is 0. The fourth-order valence-electron chi connectivity index (χ4n) is 1.32. The van der Waals surface area contributed by atoms with Crippen molar-refractivity contribution in [3.05, 3.63) is 29.8 Å². The van der Waals surface area contributed by atoms with Crippen LogP contribution in [0.4, 0.5) is 5.69 Å². The molecule has 0 aliphatic heterocycles. The molecular formula is C11H16BrMgN. The van der Waals surface area contributed by atoms with Gasteiger partial charge in [0.1, 0.15) is 0 Å². The van der Waals surface area contributed by atoms with Crippen LogP contribution in [0.15, 0.2) is 18.2 Å². The molecule has 0 aliphatic rings. The summed E-state index contributed by atoms with van der Waals surface area (Å²) in [6.45, 7) is 8.51. The molecule has 1 aromatic rings. The van der Waals surface area contributed by atoms with Crippen LogP contribution in [0, 0.1) is 13.0 Å². The Hall–Kier alpha value is 0.266. The van der Waals surface area contributed by atoms with Crippen molar-refractivity contribution >= 4 is 28.7 Å². The van der Waals surface area contributed by atoms with E-state index >= 15 is 0 Å². The van der Waals surface area contributed by atoms with Crippen molar-refractivity contribution in [3.8, 4) is 0 Å². The number of anilines is 1. The molecule has 14 heavy (non-hydrogen) atoms. The smallest absolute Gasteiger partial charge is 1.00 e. The van der Waals surface area contributed by atoms with Gasteiger partial charge >= 0.3 is 23.1 Å². The molecule has 0 radical (unpaired) electrons. The van der Waals surface area contributed by atoms with Gasteiger partial charge in [-0.2, -0.15) is 23.8 Å².